The molecular formula is C20H17BrN2. The molecule has 0 amide bonds. The van der Waals surface area contributed by atoms with Crippen molar-refractivity contribution in [3.8, 4) is 6.19 Å². The van der Waals surface area contributed by atoms with Crippen LogP contribution in [0.15, 0.2) is 51.9 Å². The van der Waals surface area contributed by atoms with Crippen molar-refractivity contribution in [1.82, 2.24) is 0 Å². The predicted molar refractivity (Wildman–Crippen MR) is 95.5 cm³/mol. The normalized spacial score (nSPS) is 19.9. The molecule has 0 saturated heterocycles. The first-order valence-corrected chi connectivity index (χ1v) is 8.84. The van der Waals surface area contributed by atoms with Crippen LogP contribution in [0, 0.1) is 16.9 Å². The molecule has 3 heteroatoms. The first kappa shape index (κ1) is 14.7. The number of nitriles is 1. The summed E-state index contributed by atoms with van der Waals surface area (Å²) in [6, 6.07) is 15.1. The number of hydrogen-bond acceptors (Lipinski definition) is 2. The maximum Gasteiger partial charge on any atom is 0.205 e. The van der Waals surface area contributed by atoms with Crippen molar-refractivity contribution in [2.24, 2.45) is 10.4 Å². The molecule has 0 heterocycles. The number of rotatable bonds is 0. The lowest BCUT2D eigenvalue weighted by molar-refractivity contribution is 0.376. The Morgan fingerprint density at radius 2 is 1.70 bits per heavy atom. The molecule has 114 valence electrons. The molecule has 0 fully saturated rings. The lowest BCUT2D eigenvalue weighted by Gasteiger charge is -2.28. The van der Waals surface area contributed by atoms with Gasteiger partial charge >= 0.3 is 0 Å². The molecule has 2 nitrogen and oxygen atoms in total. The van der Waals surface area contributed by atoms with Gasteiger partial charge < -0.3 is 0 Å². The van der Waals surface area contributed by atoms with Crippen molar-refractivity contribution in [2.45, 2.75) is 32.1 Å². The minimum absolute atomic E-state index is 0.0118. The zero-order valence-corrected chi connectivity index (χ0v) is 14.4. The summed E-state index contributed by atoms with van der Waals surface area (Å²) >= 11 is 3.56. The van der Waals surface area contributed by atoms with E-state index in [4.69, 9.17) is 0 Å². The molecule has 0 saturated carbocycles. The van der Waals surface area contributed by atoms with Gasteiger partial charge in [-0.15, -0.1) is 0 Å². The fourth-order valence-corrected chi connectivity index (χ4v) is 4.58. The minimum Gasteiger partial charge on any atom is -0.177 e. The second-order valence-electron chi connectivity index (χ2n) is 6.59. The Labute approximate surface area is 145 Å². The van der Waals surface area contributed by atoms with Gasteiger partial charge in [-0.3, -0.25) is 0 Å². The van der Waals surface area contributed by atoms with Crippen molar-refractivity contribution < 1.29 is 0 Å². The maximum atomic E-state index is 9.23. The highest BCUT2D eigenvalue weighted by atomic mass is 79.9. The number of fused-ring (bicyclic) bond motifs is 2. The molecule has 1 spiro atoms. The highest BCUT2D eigenvalue weighted by Crippen LogP contribution is 2.46. The molecule has 23 heavy (non-hydrogen) atoms. The van der Waals surface area contributed by atoms with Crippen molar-refractivity contribution >= 4 is 21.6 Å². The van der Waals surface area contributed by atoms with Gasteiger partial charge in [-0.1, -0.05) is 46.3 Å². The van der Waals surface area contributed by atoms with Gasteiger partial charge in [0, 0.05) is 15.5 Å². The Morgan fingerprint density at radius 1 is 1.00 bits per heavy atom. The summed E-state index contributed by atoms with van der Waals surface area (Å²) in [6.07, 6.45) is 7.32. The van der Waals surface area contributed by atoms with Gasteiger partial charge in [-0.25, -0.2) is 0 Å². The number of hydrogen-bond donors (Lipinski definition) is 0. The SMILES string of the molecule is N#CN=C1c2cc(Br)ccc2CC12CCc1ccccc1CC2. The van der Waals surface area contributed by atoms with E-state index >= 15 is 0 Å². The first-order valence-electron chi connectivity index (χ1n) is 8.05. The molecule has 0 aromatic heterocycles. The summed E-state index contributed by atoms with van der Waals surface area (Å²) in [5.74, 6) is 0. The molecule has 2 aliphatic carbocycles. The first-order chi connectivity index (χ1) is 11.2. The lowest BCUT2D eigenvalue weighted by atomic mass is 9.76. The largest absolute Gasteiger partial charge is 0.205 e. The number of aliphatic imine (C=N–C) groups is 1. The topological polar surface area (TPSA) is 36.1 Å². The average molecular weight is 365 g/mol. The van der Waals surface area contributed by atoms with Crippen molar-refractivity contribution in [2.75, 3.05) is 0 Å². The zero-order valence-electron chi connectivity index (χ0n) is 12.8. The van der Waals surface area contributed by atoms with Crippen LogP contribution in [0.4, 0.5) is 0 Å². The van der Waals surface area contributed by atoms with E-state index in [2.05, 4.69) is 69.6 Å². The van der Waals surface area contributed by atoms with Crippen LogP contribution in [0.1, 0.15) is 35.1 Å². The molecule has 0 unspecified atom stereocenters. The van der Waals surface area contributed by atoms with E-state index in [0.29, 0.717) is 0 Å². The summed E-state index contributed by atoms with van der Waals surface area (Å²) in [5, 5.41) is 9.23. The Balaban J connectivity index is 1.78. The van der Waals surface area contributed by atoms with Crippen LogP contribution in [-0.2, 0) is 19.3 Å². The van der Waals surface area contributed by atoms with E-state index in [1.807, 2.05) is 0 Å². The molecule has 2 aromatic carbocycles. The molecule has 0 atom stereocenters. The second-order valence-corrected chi connectivity index (χ2v) is 7.50. The van der Waals surface area contributed by atoms with Crippen LogP contribution >= 0.6 is 15.9 Å². The van der Waals surface area contributed by atoms with Crippen LogP contribution in [0.2, 0.25) is 0 Å². The van der Waals surface area contributed by atoms with E-state index in [1.165, 1.54) is 16.7 Å². The molecule has 4 rings (SSSR count). The molecular weight excluding hydrogens is 348 g/mol. The van der Waals surface area contributed by atoms with Gasteiger partial charge in [0.05, 0.1) is 5.71 Å². The fraction of sp³-hybridized carbons (Fsp3) is 0.300. The average Bonchev–Trinajstić information content (AvgIpc) is 2.73. The number of halogens is 1. The summed E-state index contributed by atoms with van der Waals surface area (Å²) in [5.41, 5.74) is 6.41. The third-order valence-corrected chi connectivity index (χ3v) is 5.88. The van der Waals surface area contributed by atoms with Gasteiger partial charge in [0.15, 0.2) is 0 Å². The number of nitrogens with zero attached hydrogens (tertiary/aromatic N) is 2. The van der Waals surface area contributed by atoms with Gasteiger partial charge in [-0.05, 0) is 60.9 Å². The Kier molecular flexibility index (Phi) is 3.58. The van der Waals surface area contributed by atoms with Crippen molar-refractivity contribution in [1.29, 1.82) is 5.26 Å². The quantitative estimate of drug-likeness (QED) is 0.616. The molecule has 2 aromatic rings. The standard InChI is InChI=1S/C20H17BrN2/c21-17-6-5-16-12-20(19(23-13-22)18(16)11-17)9-7-14-3-1-2-4-15(14)8-10-20/h1-6,11H,7-10,12H2. The van der Waals surface area contributed by atoms with E-state index in [1.54, 1.807) is 0 Å². The molecule has 0 N–H and O–H groups in total. The number of aryl methyl sites for hydroxylation is 2. The van der Waals surface area contributed by atoms with E-state index < -0.39 is 0 Å². The van der Waals surface area contributed by atoms with Crippen molar-refractivity contribution in [3.63, 3.8) is 0 Å². The summed E-state index contributed by atoms with van der Waals surface area (Å²) < 4.78 is 1.05. The Hall–Kier alpha value is -1.92. The second kappa shape index (κ2) is 5.62. The van der Waals surface area contributed by atoms with Gasteiger partial charge in [0.2, 0.25) is 6.19 Å². The summed E-state index contributed by atoms with van der Waals surface area (Å²) in [7, 11) is 0. The molecule has 0 radical (unpaired) electrons. The zero-order chi connectivity index (χ0) is 15.9. The Bertz CT molecular complexity index is 818. The predicted octanol–water partition coefficient (Wildman–Crippen LogP) is 4.84. The van der Waals surface area contributed by atoms with E-state index in [-0.39, 0.29) is 5.41 Å². The third-order valence-electron chi connectivity index (χ3n) is 5.38. The fourth-order valence-electron chi connectivity index (χ4n) is 4.22. The minimum atomic E-state index is 0.0118. The van der Waals surface area contributed by atoms with Gasteiger partial charge in [0.1, 0.15) is 0 Å². The molecule has 0 aliphatic heterocycles. The van der Waals surface area contributed by atoms with Crippen LogP contribution in [0.3, 0.4) is 0 Å². The van der Waals surface area contributed by atoms with Crippen LogP contribution < -0.4 is 0 Å². The highest BCUT2D eigenvalue weighted by Gasteiger charge is 2.44. The van der Waals surface area contributed by atoms with Crippen LogP contribution in [0.25, 0.3) is 0 Å². The molecule has 0 bridgehead atoms. The summed E-state index contributed by atoms with van der Waals surface area (Å²) in [6.45, 7) is 0. The lowest BCUT2D eigenvalue weighted by Crippen LogP contribution is -2.29. The molecule has 2 aliphatic rings. The smallest absolute Gasteiger partial charge is 0.177 e. The van der Waals surface area contributed by atoms with Gasteiger partial charge in [0.25, 0.3) is 0 Å². The van der Waals surface area contributed by atoms with Gasteiger partial charge in [-0.2, -0.15) is 10.3 Å². The van der Waals surface area contributed by atoms with E-state index in [0.717, 1.165) is 47.9 Å². The highest BCUT2D eigenvalue weighted by molar-refractivity contribution is 9.10. The van der Waals surface area contributed by atoms with Crippen LogP contribution in [-0.4, -0.2) is 5.71 Å². The third kappa shape index (κ3) is 2.42. The monoisotopic (exact) mass is 364 g/mol. The van der Waals surface area contributed by atoms with Crippen LogP contribution in [0.5, 0.6) is 0 Å². The van der Waals surface area contributed by atoms with Crippen molar-refractivity contribution in [3.05, 3.63) is 69.2 Å². The number of benzene rings is 2. The maximum absolute atomic E-state index is 9.23. The summed E-state index contributed by atoms with van der Waals surface area (Å²) in [4.78, 5) is 4.29. The Morgan fingerprint density at radius 3 is 2.35 bits per heavy atom. The van der Waals surface area contributed by atoms with E-state index in [9.17, 15) is 5.26 Å².